The van der Waals surface area contributed by atoms with Gasteiger partial charge in [-0.25, -0.2) is 9.97 Å². The number of amides is 2. The molecule has 0 saturated carbocycles. The van der Waals surface area contributed by atoms with E-state index in [1.807, 2.05) is 48.3 Å². The Morgan fingerprint density at radius 2 is 1.85 bits per heavy atom. The number of benzene rings is 1. The average Bonchev–Trinajstić information content (AvgIpc) is 3.66. The molecule has 0 spiro atoms. The minimum Gasteiger partial charge on any atom is -0.492 e. The molecule has 0 bridgehead atoms. The van der Waals surface area contributed by atoms with Gasteiger partial charge in [0.1, 0.15) is 17.2 Å². The first kappa shape index (κ1) is 26.0. The monoisotopic (exact) mass is 577 g/mol. The van der Waals surface area contributed by atoms with Gasteiger partial charge in [0.05, 0.1) is 10.3 Å². The fourth-order valence-corrected chi connectivity index (χ4v) is 7.45. The van der Waals surface area contributed by atoms with E-state index in [1.165, 1.54) is 28.9 Å². The van der Waals surface area contributed by atoms with Crippen molar-refractivity contribution in [2.45, 2.75) is 13.8 Å². The third-order valence-electron chi connectivity index (χ3n) is 6.75. The topological polar surface area (TPSA) is 87.7 Å². The molecule has 8 nitrogen and oxygen atoms in total. The highest BCUT2D eigenvalue weighted by atomic mass is 32.2. The first-order chi connectivity index (χ1) is 19.0. The number of rotatable bonds is 8. The van der Waals surface area contributed by atoms with Crippen LogP contribution in [0.2, 0.25) is 0 Å². The van der Waals surface area contributed by atoms with Crippen molar-refractivity contribution in [3.8, 4) is 26.9 Å². The van der Waals surface area contributed by atoms with Crippen LogP contribution in [0.4, 0.5) is 5.82 Å². The summed E-state index contributed by atoms with van der Waals surface area (Å²) in [6.45, 7) is 7.51. The Balaban J connectivity index is 1.29. The van der Waals surface area contributed by atoms with E-state index in [9.17, 15) is 9.59 Å². The predicted molar refractivity (Wildman–Crippen MR) is 159 cm³/mol. The van der Waals surface area contributed by atoms with E-state index in [2.05, 4.69) is 22.5 Å². The Hall–Kier alpha value is -3.25. The highest BCUT2D eigenvalue weighted by molar-refractivity contribution is 7.99. The Kier molecular flexibility index (Phi) is 7.39. The van der Waals surface area contributed by atoms with Crippen molar-refractivity contribution in [1.29, 1.82) is 0 Å². The van der Waals surface area contributed by atoms with Gasteiger partial charge >= 0.3 is 0 Å². The zero-order valence-corrected chi connectivity index (χ0v) is 24.0. The van der Waals surface area contributed by atoms with Crippen molar-refractivity contribution < 1.29 is 14.3 Å². The van der Waals surface area contributed by atoms with Crippen LogP contribution in [0.25, 0.3) is 31.4 Å². The molecule has 6 rings (SSSR count). The molecule has 4 aromatic rings. The Bertz CT molecular complexity index is 1560. The molecule has 0 atom stereocenters. The molecule has 1 aromatic carbocycles. The molecule has 0 aliphatic carbocycles. The number of thiophene rings is 2. The smallest absolute Gasteiger partial charge is 0.275 e. The van der Waals surface area contributed by atoms with Gasteiger partial charge < -0.3 is 4.74 Å². The maximum absolute atomic E-state index is 12.6. The van der Waals surface area contributed by atoms with E-state index >= 15 is 0 Å². The second kappa shape index (κ2) is 11.1. The van der Waals surface area contributed by atoms with Crippen molar-refractivity contribution >= 4 is 62.3 Å². The van der Waals surface area contributed by atoms with Gasteiger partial charge in [0.25, 0.3) is 11.8 Å². The number of hydrazine groups is 1. The number of aryl methyl sites for hydroxylation is 1. The van der Waals surface area contributed by atoms with Gasteiger partial charge in [0, 0.05) is 47.7 Å². The summed E-state index contributed by atoms with van der Waals surface area (Å²) < 4.78 is 6.02. The molecular weight excluding hydrogens is 551 g/mol. The molecule has 2 amide bonds. The maximum Gasteiger partial charge on any atom is 0.275 e. The Morgan fingerprint density at radius 1 is 1.05 bits per heavy atom. The summed E-state index contributed by atoms with van der Waals surface area (Å²) in [5, 5.41) is 3.78. The summed E-state index contributed by atoms with van der Waals surface area (Å²) in [6, 6.07) is 12.0. The molecule has 0 unspecified atom stereocenters. The van der Waals surface area contributed by atoms with Crippen LogP contribution in [0.15, 0.2) is 53.4 Å². The van der Waals surface area contributed by atoms with E-state index in [0.29, 0.717) is 23.8 Å². The van der Waals surface area contributed by atoms with Gasteiger partial charge in [-0.1, -0.05) is 6.07 Å². The van der Waals surface area contributed by atoms with Crippen molar-refractivity contribution in [3.05, 3.63) is 59.0 Å². The molecular formula is C28H27N5O3S3. The molecule has 11 heteroatoms. The number of carbonyl (C=O) groups is 2. The summed E-state index contributed by atoms with van der Waals surface area (Å²) in [6.07, 6.45) is 1.33. The fourth-order valence-electron chi connectivity index (χ4n) is 4.63. The second-order valence-corrected chi connectivity index (χ2v) is 12.5. The van der Waals surface area contributed by atoms with Crippen molar-refractivity contribution in [2.75, 3.05) is 43.2 Å². The highest BCUT2D eigenvalue weighted by Gasteiger charge is 2.30. The maximum atomic E-state index is 12.6. The number of aromatic nitrogens is 2. The van der Waals surface area contributed by atoms with E-state index in [0.717, 1.165) is 61.5 Å². The molecule has 0 radical (unpaired) electrons. The van der Waals surface area contributed by atoms with E-state index in [-0.39, 0.29) is 5.91 Å². The van der Waals surface area contributed by atoms with Crippen LogP contribution in [-0.2, 0) is 9.59 Å². The van der Waals surface area contributed by atoms with Crippen LogP contribution in [0.3, 0.4) is 0 Å². The summed E-state index contributed by atoms with van der Waals surface area (Å²) in [5.74, 6) is 3.43. The molecule has 5 heterocycles. The molecule has 39 heavy (non-hydrogen) atoms. The Labute approximate surface area is 238 Å². The molecule has 200 valence electrons. The molecule has 1 saturated heterocycles. The quantitative estimate of drug-likeness (QED) is 0.276. The summed E-state index contributed by atoms with van der Waals surface area (Å²) in [5.41, 5.74) is 5.41. The predicted octanol–water partition coefficient (Wildman–Crippen LogP) is 5.46. The van der Waals surface area contributed by atoms with Crippen LogP contribution >= 0.6 is 34.4 Å². The van der Waals surface area contributed by atoms with Gasteiger partial charge in [-0.3, -0.25) is 19.9 Å². The number of fused-ring (bicyclic) bond motifs is 1. The zero-order chi connectivity index (χ0) is 26.9. The largest absolute Gasteiger partial charge is 0.492 e. The standard InChI is InChI=1S/C28H27N5O3S3/c1-17-16-22(34)33(28(17)35)31-26-23-18(2)24(39-27(23)30-25(29-26)21-4-3-13-38-21)19-5-7-20(8-6-19)36-12-9-32-10-14-37-15-11-32/h3-8,13,16H,9-12,14-15H2,1-2H3,(H,29,30,31). The van der Waals surface area contributed by atoms with Crippen molar-refractivity contribution in [2.24, 2.45) is 0 Å². The Morgan fingerprint density at radius 3 is 2.54 bits per heavy atom. The van der Waals surface area contributed by atoms with Crippen LogP contribution in [-0.4, -0.2) is 69.4 Å². The van der Waals surface area contributed by atoms with Gasteiger partial charge in [0.2, 0.25) is 0 Å². The van der Waals surface area contributed by atoms with Crippen LogP contribution < -0.4 is 10.2 Å². The number of hydrogen-bond acceptors (Lipinski definition) is 10. The number of thioether (sulfide) groups is 1. The minimum absolute atomic E-state index is 0.382. The summed E-state index contributed by atoms with van der Waals surface area (Å²) >= 11 is 5.12. The zero-order valence-electron chi connectivity index (χ0n) is 21.6. The molecule has 2 aliphatic rings. The van der Waals surface area contributed by atoms with Gasteiger partial charge in [-0.15, -0.1) is 22.7 Å². The second-order valence-electron chi connectivity index (χ2n) is 9.35. The number of imide groups is 1. The number of hydrogen-bond donors (Lipinski definition) is 1. The first-order valence-corrected chi connectivity index (χ1v) is 15.5. The van der Waals surface area contributed by atoms with E-state index in [4.69, 9.17) is 14.7 Å². The number of nitrogens with zero attached hydrogens (tertiary/aromatic N) is 4. The molecule has 3 aromatic heterocycles. The summed E-state index contributed by atoms with van der Waals surface area (Å²) in [7, 11) is 0. The van der Waals surface area contributed by atoms with Gasteiger partial charge in [0.15, 0.2) is 11.6 Å². The lowest BCUT2D eigenvalue weighted by Crippen LogP contribution is -2.36. The normalized spacial score (nSPS) is 16.3. The molecule has 1 fully saturated rings. The average molecular weight is 578 g/mol. The lowest BCUT2D eigenvalue weighted by atomic mass is 10.1. The number of ether oxygens (including phenoxy) is 1. The van der Waals surface area contributed by atoms with Crippen molar-refractivity contribution in [3.63, 3.8) is 0 Å². The molecule has 1 N–H and O–H groups in total. The number of nitrogens with one attached hydrogen (secondary N) is 1. The van der Waals surface area contributed by atoms with Crippen LogP contribution in [0, 0.1) is 6.92 Å². The molecule has 2 aliphatic heterocycles. The fraction of sp³-hybridized carbons (Fsp3) is 0.286. The van der Waals surface area contributed by atoms with Gasteiger partial charge in [-0.2, -0.15) is 16.8 Å². The van der Waals surface area contributed by atoms with E-state index in [1.54, 1.807) is 18.3 Å². The lowest BCUT2D eigenvalue weighted by molar-refractivity contribution is -0.135. The lowest BCUT2D eigenvalue weighted by Gasteiger charge is -2.25. The third-order valence-corrected chi connectivity index (χ3v) is 9.79. The van der Waals surface area contributed by atoms with Crippen LogP contribution in [0.1, 0.15) is 12.5 Å². The SMILES string of the molecule is CC1=CC(=O)N(Nc2nc(-c3cccs3)nc3sc(-c4ccc(OCCN5CCSCC5)cc4)c(C)c23)C1=O. The van der Waals surface area contributed by atoms with Crippen LogP contribution in [0.5, 0.6) is 5.75 Å². The first-order valence-electron chi connectivity index (χ1n) is 12.7. The minimum atomic E-state index is -0.412. The third kappa shape index (κ3) is 5.31. The van der Waals surface area contributed by atoms with Gasteiger partial charge in [-0.05, 0) is 60.7 Å². The number of anilines is 1. The highest BCUT2D eigenvalue weighted by Crippen LogP contribution is 2.42. The van der Waals surface area contributed by atoms with Crippen molar-refractivity contribution in [1.82, 2.24) is 19.9 Å². The summed E-state index contributed by atoms with van der Waals surface area (Å²) in [4.78, 5) is 39.9. The van der Waals surface area contributed by atoms with E-state index < -0.39 is 5.91 Å². The number of carbonyl (C=O) groups excluding carboxylic acids is 2.